The standard InChI is InChI=1S/C18H24F3N3O2/c1-13(2)11-17(26)24-9-7-23(8-10-24)12-16(25)22-15-6-4-3-5-14(15)18(19,20)21/h3-6,13H,7-12H2,1-2H3,(H,22,25)/p+1. The van der Waals surface area contributed by atoms with Gasteiger partial charge in [0, 0.05) is 6.42 Å². The summed E-state index contributed by atoms with van der Waals surface area (Å²) in [6, 6.07) is 4.94. The Labute approximate surface area is 151 Å². The lowest BCUT2D eigenvalue weighted by atomic mass is 10.1. The number of rotatable bonds is 5. The van der Waals surface area contributed by atoms with Gasteiger partial charge in [0.2, 0.25) is 5.91 Å². The molecule has 2 amide bonds. The third kappa shape index (κ3) is 5.72. The maximum atomic E-state index is 13.0. The van der Waals surface area contributed by atoms with Gasteiger partial charge in [-0.15, -0.1) is 0 Å². The normalized spacial score (nSPS) is 16.0. The Morgan fingerprint density at radius 3 is 2.38 bits per heavy atom. The van der Waals surface area contributed by atoms with E-state index in [4.69, 9.17) is 0 Å². The third-order valence-electron chi connectivity index (χ3n) is 4.32. The molecule has 0 unspecified atom stereocenters. The van der Waals surface area contributed by atoms with Gasteiger partial charge in [0.05, 0.1) is 37.4 Å². The Hall–Kier alpha value is -2.09. The average molecular weight is 372 g/mol. The van der Waals surface area contributed by atoms with Crippen LogP contribution < -0.4 is 10.2 Å². The van der Waals surface area contributed by atoms with Crippen molar-refractivity contribution in [2.24, 2.45) is 5.92 Å². The van der Waals surface area contributed by atoms with Crippen molar-refractivity contribution >= 4 is 17.5 Å². The van der Waals surface area contributed by atoms with E-state index in [0.29, 0.717) is 38.5 Å². The topological polar surface area (TPSA) is 53.9 Å². The van der Waals surface area contributed by atoms with E-state index in [9.17, 15) is 22.8 Å². The Balaban J connectivity index is 1.86. The van der Waals surface area contributed by atoms with Crippen LogP contribution in [-0.2, 0) is 15.8 Å². The number of amides is 2. The summed E-state index contributed by atoms with van der Waals surface area (Å²) < 4.78 is 38.9. The molecule has 1 fully saturated rings. The van der Waals surface area contributed by atoms with Gasteiger partial charge in [-0.05, 0) is 18.1 Å². The number of hydrogen-bond acceptors (Lipinski definition) is 2. The minimum Gasteiger partial charge on any atom is -0.331 e. The summed E-state index contributed by atoms with van der Waals surface area (Å²) in [4.78, 5) is 26.9. The van der Waals surface area contributed by atoms with Crippen LogP contribution >= 0.6 is 0 Å². The van der Waals surface area contributed by atoms with Gasteiger partial charge in [0.1, 0.15) is 0 Å². The molecule has 144 valence electrons. The molecule has 26 heavy (non-hydrogen) atoms. The average Bonchev–Trinajstić information content (AvgIpc) is 2.54. The first-order valence-corrected chi connectivity index (χ1v) is 8.74. The number of carbonyl (C=O) groups is 2. The van der Waals surface area contributed by atoms with Crippen LogP contribution in [0.15, 0.2) is 24.3 Å². The van der Waals surface area contributed by atoms with Crippen molar-refractivity contribution in [1.82, 2.24) is 4.90 Å². The van der Waals surface area contributed by atoms with Gasteiger partial charge in [-0.2, -0.15) is 13.2 Å². The van der Waals surface area contributed by atoms with Gasteiger partial charge in [0.25, 0.3) is 5.91 Å². The van der Waals surface area contributed by atoms with Gasteiger partial charge < -0.3 is 15.1 Å². The molecule has 1 aliphatic rings. The summed E-state index contributed by atoms with van der Waals surface area (Å²) in [5, 5.41) is 2.36. The third-order valence-corrected chi connectivity index (χ3v) is 4.32. The number of carbonyl (C=O) groups excluding carboxylic acids is 2. The van der Waals surface area contributed by atoms with E-state index in [0.717, 1.165) is 11.0 Å². The van der Waals surface area contributed by atoms with Gasteiger partial charge in [-0.25, -0.2) is 0 Å². The maximum absolute atomic E-state index is 13.0. The highest BCUT2D eigenvalue weighted by molar-refractivity contribution is 5.92. The fraction of sp³-hybridized carbons (Fsp3) is 0.556. The number of nitrogens with one attached hydrogen (secondary N) is 2. The van der Waals surface area contributed by atoms with E-state index < -0.39 is 17.6 Å². The summed E-state index contributed by atoms with van der Waals surface area (Å²) in [6.07, 6.45) is -4.01. The van der Waals surface area contributed by atoms with E-state index in [2.05, 4.69) is 5.32 Å². The second-order valence-corrected chi connectivity index (χ2v) is 7.00. The Bertz CT molecular complexity index is 639. The number of benzene rings is 1. The highest BCUT2D eigenvalue weighted by atomic mass is 19.4. The molecule has 2 rings (SSSR count). The molecule has 0 saturated carbocycles. The number of piperazine rings is 1. The predicted octanol–water partition coefficient (Wildman–Crippen LogP) is 1.42. The minimum atomic E-state index is -4.51. The molecule has 1 aliphatic heterocycles. The van der Waals surface area contributed by atoms with Gasteiger partial charge >= 0.3 is 6.18 Å². The maximum Gasteiger partial charge on any atom is 0.418 e. The molecule has 0 atom stereocenters. The summed E-state index contributed by atoms with van der Waals surface area (Å²) in [6.45, 7) is 6.40. The van der Waals surface area contributed by atoms with Crippen molar-refractivity contribution < 1.29 is 27.7 Å². The van der Waals surface area contributed by atoms with Crippen molar-refractivity contribution in [1.29, 1.82) is 0 Å². The number of halogens is 3. The molecule has 1 aromatic rings. The summed E-state index contributed by atoms with van der Waals surface area (Å²) >= 11 is 0. The van der Waals surface area contributed by atoms with Crippen LogP contribution in [0.1, 0.15) is 25.8 Å². The molecule has 0 aromatic heterocycles. The van der Waals surface area contributed by atoms with Gasteiger partial charge in [-0.1, -0.05) is 26.0 Å². The van der Waals surface area contributed by atoms with E-state index >= 15 is 0 Å². The summed E-state index contributed by atoms with van der Waals surface area (Å²) in [5.41, 5.74) is -1.08. The molecule has 1 aromatic carbocycles. The van der Waals surface area contributed by atoms with E-state index in [1.54, 1.807) is 4.90 Å². The highest BCUT2D eigenvalue weighted by Crippen LogP contribution is 2.34. The zero-order valence-corrected chi connectivity index (χ0v) is 15.0. The molecule has 0 bridgehead atoms. The van der Waals surface area contributed by atoms with E-state index in [1.165, 1.54) is 18.2 Å². The number of quaternary nitrogens is 1. The lowest BCUT2D eigenvalue weighted by Crippen LogP contribution is -3.15. The van der Waals surface area contributed by atoms with Crippen LogP contribution in [0.25, 0.3) is 0 Å². The molecule has 0 aliphatic carbocycles. The zero-order valence-electron chi connectivity index (χ0n) is 15.0. The molecule has 0 spiro atoms. The van der Waals surface area contributed by atoms with E-state index in [-0.39, 0.29) is 18.1 Å². The largest absolute Gasteiger partial charge is 0.418 e. The van der Waals surface area contributed by atoms with Crippen LogP contribution in [0, 0.1) is 5.92 Å². The van der Waals surface area contributed by atoms with Crippen LogP contribution in [-0.4, -0.2) is 49.4 Å². The second kappa shape index (κ2) is 8.53. The Kier molecular flexibility index (Phi) is 6.63. The lowest BCUT2D eigenvalue weighted by molar-refractivity contribution is -0.895. The monoisotopic (exact) mass is 372 g/mol. The molecular weight excluding hydrogens is 347 g/mol. The molecule has 5 nitrogen and oxygen atoms in total. The fourth-order valence-corrected chi connectivity index (χ4v) is 2.99. The SMILES string of the molecule is CC(C)CC(=O)N1CC[NH+](CC(=O)Nc2ccccc2C(F)(F)F)CC1. The van der Waals surface area contributed by atoms with Crippen molar-refractivity contribution in [3.63, 3.8) is 0 Å². The predicted molar refractivity (Wildman–Crippen MR) is 91.7 cm³/mol. The molecular formula is C18H25F3N3O2+. The first-order chi connectivity index (χ1) is 12.2. The van der Waals surface area contributed by atoms with Gasteiger partial charge in [-0.3, -0.25) is 9.59 Å². The minimum absolute atomic E-state index is 0.0817. The summed E-state index contributed by atoms with van der Waals surface area (Å²) in [7, 11) is 0. The quantitative estimate of drug-likeness (QED) is 0.821. The number of hydrogen-bond donors (Lipinski definition) is 2. The van der Waals surface area contributed by atoms with E-state index in [1.807, 2.05) is 13.8 Å². The van der Waals surface area contributed by atoms with Crippen molar-refractivity contribution in [3.8, 4) is 0 Å². The first-order valence-electron chi connectivity index (χ1n) is 8.74. The summed E-state index contributed by atoms with van der Waals surface area (Å²) in [5.74, 6) is -0.0476. The molecule has 2 N–H and O–H groups in total. The van der Waals surface area contributed by atoms with Crippen molar-refractivity contribution in [2.75, 3.05) is 38.0 Å². The van der Waals surface area contributed by atoms with Crippen LogP contribution in [0.3, 0.4) is 0 Å². The van der Waals surface area contributed by atoms with Gasteiger partial charge in [0.15, 0.2) is 6.54 Å². The number of anilines is 1. The smallest absolute Gasteiger partial charge is 0.331 e. The Morgan fingerprint density at radius 1 is 1.19 bits per heavy atom. The van der Waals surface area contributed by atoms with Crippen molar-refractivity contribution in [2.45, 2.75) is 26.4 Å². The molecule has 1 heterocycles. The van der Waals surface area contributed by atoms with Crippen LogP contribution in [0.5, 0.6) is 0 Å². The first kappa shape index (κ1) is 20.2. The zero-order chi connectivity index (χ0) is 19.3. The fourth-order valence-electron chi connectivity index (χ4n) is 2.99. The number of nitrogens with zero attached hydrogens (tertiary/aromatic N) is 1. The van der Waals surface area contributed by atoms with Crippen LogP contribution in [0.2, 0.25) is 0 Å². The number of para-hydroxylation sites is 1. The molecule has 1 saturated heterocycles. The molecule has 8 heteroatoms. The second-order valence-electron chi connectivity index (χ2n) is 7.00. The van der Waals surface area contributed by atoms with Crippen LogP contribution in [0.4, 0.5) is 18.9 Å². The molecule has 0 radical (unpaired) electrons. The Morgan fingerprint density at radius 2 is 1.81 bits per heavy atom. The number of alkyl halides is 3. The lowest BCUT2D eigenvalue weighted by Gasteiger charge is -2.32. The van der Waals surface area contributed by atoms with Crippen molar-refractivity contribution in [3.05, 3.63) is 29.8 Å². The highest BCUT2D eigenvalue weighted by Gasteiger charge is 2.34.